The van der Waals surface area contributed by atoms with Crippen molar-refractivity contribution in [3.05, 3.63) is 0 Å². The topological polar surface area (TPSA) is 61.6 Å². The molecule has 1 saturated heterocycles. The molecule has 0 radical (unpaired) electrons. The maximum atomic E-state index is 11.8. The van der Waals surface area contributed by atoms with Crippen LogP contribution in [0.25, 0.3) is 0 Å². The number of rotatable bonds is 4. The molecule has 2 N–H and O–H groups in total. The predicted octanol–water partition coefficient (Wildman–Crippen LogP) is 1.86. The van der Waals surface area contributed by atoms with Gasteiger partial charge in [0, 0.05) is 12.8 Å². The van der Waals surface area contributed by atoms with Gasteiger partial charge >= 0.3 is 5.97 Å². The van der Waals surface area contributed by atoms with Gasteiger partial charge in [-0.05, 0) is 26.2 Å². The van der Waals surface area contributed by atoms with Crippen LogP contribution in [0.2, 0.25) is 0 Å². The molecule has 1 rings (SSSR count). The van der Waals surface area contributed by atoms with E-state index in [9.17, 15) is 4.79 Å². The molecule has 4 heteroatoms. The molecule has 4 nitrogen and oxygen atoms in total. The van der Waals surface area contributed by atoms with E-state index >= 15 is 0 Å². The number of hydrogen-bond acceptors (Lipinski definition) is 4. The molecule has 1 heterocycles. The van der Waals surface area contributed by atoms with Crippen molar-refractivity contribution in [1.82, 2.24) is 0 Å². The van der Waals surface area contributed by atoms with Crippen molar-refractivity contribution in [2.24, 2.45) is 11.7 Å². The Morgan fingerprint density at radius 1 is 1.35 bits per heavy atom. The Kier molecular flexibility index (Phi) is 5.40. The SMILES string of the molecule is CC(C)CC(N)C(=O)OC1CC(C)OC(C)C1. The molecule has 1 aliphatic heterocycles. The zero-order valence-electron chi connectivity index (χ0n) is 11.3. The number of nitrogens with two attached hydrogens (primary N) is 1. The molecule has 0 spiro atoms. The Bertz CT molecular complexity index is 245. The first-order valence-corrected chi connectivity index (χ1v) is 6.50. The Hall–Kier alpha value is -0.610. The molecule has 0 saturated carbocycles. The van der Waals surface area contributed by atoms with Crippen LogP contribution in [-0.2, 0) is 14.3 Å². The lowest BCUT2D eigenvalue weighted by Gasteiger charge is -2.32. The van der Waals surface area contributed by atoms with E-state index in [2.05, 4.69) is 0 Å². The van der Waals surface area contributed by atoms with E-state index in [-0.39, 0.29) is 24.3 Å². The fourth-order valence-electron chi connectivity index (χ4n) is 2.30. The third-order valence-electron chi connectivity index (χ3n) is 2.97. The van der Waals surface area contributed by atoms with Crippen LogP contribution in [0.5, 0.6) is 0 Å². The average molecular weight is 243 g/mol. The molecule has 3 unspecified atom stereocenters. The number of carbonyl (C=O) groups is 1. The lowest BCUT2D eigenvalue weighted by molar-refractivity contribution is -0.161. The molecule has 1 fully saturated rings. The highest BCUT2D eigenvalue weighted by Crippen LogP contribution is 2.22. The zero-order valence-corrected chi connectivity index (χ0v) is 11.3. The van der Waals surface area contributed by atoms with Gasteiger partial charge in [0.25, 0.3) is 0 Å². The van der Waals surface area contributed by atoms with Crippen LogP contribution in [0.15, 0.2) is 0 Å². The molecule has 0 aliphatic carbocycles. The van der Waals surface area contributed by atoms with Gasteiger partial charge in [0.15, 0.2) is 0 Å². The van der Waals surface area contributed by atoms with E-state index in [1.807, 2.05) is 27.7 Å². The largest absolute Gasteiger partial charge is 0.461 e. The molecule has 3 atom stereocenters. The molecule has 17 heavy (non-hydrogen) atoms. The molecule has 0 aromatic carbocycles. The van der Waals surface area contributed by atoms with Crippen LogP contribution in [0, 0.1) is 5.92 Å². The van der Waals surface area contributed by atoms with Crippen LogP contribution >= 0.6 is 0 Å². The van der Waals surface area contributed by atoms with E-state index in [0.717, 1.165) is 12.8 Å². The van der Waals surface area contributed by atoms with Crippen LogP contribution in [0.4, 0.5) is 0 Å². The summed E-state index contributed by atoms with van der Waals surface area (Å²) in [4.78, 5) is 11.8. The quantitative estimate of drug-likeness (QED) is 0.766. The zero-order chi connectivity index (χ0) is 13.0. The maximum absolute atomic E-state index is 11.8. The monoisotopic (exact) mass is 243 g/mol. The van der Waals surface area contributed by atoms with Gasteiger partial charge in [-0.15, -0.1) is 0 Å². The summed E-state index contributed by atoms with van der Waals surface area (Å²) in [6, 6.07) is -0.497. The molecule has 0 aromatic rings. The molecule has 1 aliphatic rings. The van der Waals surface area contributed by atoms with Crippen LogP contribution in [0.1, 0.15) is 47.0 Å². The Morgan fingerprint density at radius 3 is 2.35 bits per heavy atom. The maximum Gasteiger partial charge on any atom is 0.323 e. The highest BCUT2D eigenvalue weighted by atomic mass is 16.6. The van der Waals surface area contributed by atoms with Crippen molar-refractivity contribution in [1.29, 1.82) is 0 Å². The van der Waals surface area contributed by atoms with Crippen molar-refractivity contribution >= 4 is 5.97 Å². The molecule has 0 bridgehead atoms. The van der Waals surface area contributed by atoms with Crippen LogP contribution < -0.4 is 5.73 Å². The second-order valence-corrected chi connectivity index (χ2v) is 5.52. The molecule has 0 amide bonds. The minimum atomic E-state index is -0.497. The Labute approximate surface area is 104 Å². The summed E-state index contributed by atoms with van der Waals surface area (Å²) in [6.07, 6.45) is 2.47. The summed E-state index contributed by atoms with van der Waals surface area (Å²) in [7, 11) is 0. The molecular weight excluding hydrogens is 218 g/mol. The summed E-state index contributed by atoms with van der Waals surface area (Å²) in [6.45, 7) is 8.10. The Balaban J connectivity index is 2.39. The van der Waals surface area contributed by atoms with Crippen molar-refractivity contribution < 1.29 is 14.3 Å². The molecule has 100 valence electrons. The van der Waals surface area contributed by atoms with Crippen molar-refractivity contribution in [3.8, 4) is 0 Å². The third-order valence-corrected chi connectivity index (χ3v) is 2.97. The van der Waals surface area contributed by atoms with E-state index in [1.54, 1.807) is 0 Å². The Morgan fingerprint density at radius 2 is 1.88 bits per heavy atom. The number of hydrogen-bond donors (Lipinski definition) is 1. The highest BCUT2D eigenvalue weighted by molar-refractivity contribution is 5.75. The number of ether oxygens (including phenoxy) is 2. The van der Waals surface area contributed by atoms with E-state index in [1.165, 1.54) is 0 Å². The minimum absolute atomic E-state index is 0.0422. The van der Waals surface area contributed by atoms with Crippen molar-refractivity contribution in [2.75, 3.05) is 0 Å². The lowest BCUT2D eigenvalue weighted by atomic mass is 10.0. The molecule has 0 aromatic heterocycles. The summed E-state index contributed by atoms with van der Waals surface area (Å²) >= 11 is 0. The van der Waals surface area contributed by atoms with Gasteiger partial charge in [0.1, 0.15) is 12.1 Å². The third kappa shape index (κ3) is 5.04. The normalized spacial score (nSPS) is 31.3. The van der Waals surface area contributed by atoms with Gasteiger partial charge in [-0.25, -0.2) is 0 Å². The van der Waals surface area contributed by atoms with E-state index < -0.39 is 6.04 Å². The van der Waals surface area contributed by atoms with Crippen LogP contribution in [-0.4, -0.2) is 30.3 Å². The lowest BCUT2D eigenvalue weighted by Crippen LogP contribution is -2.40. The van der Waals surface area contributed by atoms with E-state index in [0.29, 0.717) is 12.3 Å². The fourth-order valence-corrected chi connectivity index (χ4v) is 2.30. The van der Waals surface area contributed by atoms with Gasteiger partial charge in [-0.2, -0.15) is 0 Å². The van der Waals surface area contributed by atoms with Crippen molar-refractivity contribution in [2.45, 2.75) is 71.3 Å². The smallest absolute Gasteiger partial charge is 0.323 e. The van der Waals surface area contributed by atoms with Gasteiger partial charge in [-0.1, -0.05) is 13.8 Å². The van der Waals surface area contributed by atoms with Gasteiger partial charge in [0.2, 0.25) is 0 Å². The standard InChI is InChI=1S/C13H25NO3/c1-8(2)5-12(14)13(15)17-11-6-9(3)16-10(4)7-11/h8-12H,5-7,14H2,1-4H3. The summed E-state index contributed by atoms with van der Waals surface area (Å²) in [5.41, 5.74) is 5.80. The predicted molar refractivity (Wildman–Crippen MR) is 66.6 cm³/mol. The van der Waals surface area contributed by atoms with Crippen LogP contribution in [0.3, 0.4) is 0 Å². The molecular formula is C13H25NO3. The van der Waals surface area contributed by atoms with E-state index in [4.69, 9.17) is 15.2 Å². The number of esters is 1. The second-order valence-electron chi connectivity index (χ2n) is 5.52. The summed E-state index contributed by atoms with van der Waals surface area (Å²) in [5.74, 6) is 0.134. The summed E-state index contributed by atoms with van der Waals surface area (Å²) in [5, 5.41) is 0. The van der Waals surface area contributed by atoms with Gasteiger partial charge in [0.05, 0.1) is 12.2 Å². The minimum Gasteiger partial charge on any atom is -0.461 e. The second kappa shape index (κ2) is 6.36. The summed E-state index contributed by atoms with van der Waals surface area (Å²) < 4.78 is 11.1. The van der Waals surface area contributed by atoms with Gasteiger partial charge < -0.3 is 15.2 Å². The van der Waals surface area contributed by atoms with Gasteiger partial charge in [-0.3, -0.25) is 4.79 Å². The number of carbonyl (C=O) groups excluding carboxylic acids is 1. The first kappa shape index (κ1) is 14.5. The fraction of sp³-hybridized carbons (Fsp3) is 0.923. The van der Waals surface area contributed by atoms with Crippen molar-refractivity contribution in [3.63, 3.8) is 0 Å². The first-order chi connectivity index (χ1) is 7.88. The average Bonchev–Trinajstić information content (AvgIpc) is 2.14. The highest BCUT2D eigenvalue weighted by Gasteiger charge is 2.28. The first-order valence-electron chi connectivity index (χ1n) is 6.50.